The minimum Gasteiger partial charge on any atom is -0.463 e. The number of ether oxygens (including phenoxy) is 1. The fourth-order valence-electron chi connectivity index (χ4n) is 1.93. The molecular formula is C15H29O7P. The Bertz CT molecular complexity index is 367. The van der Waals surface area contributed by atoms with E-state index >= 15 is 0 Å². The lowest BCUT2D eigenvalue weighted by molar-refractivity contribution is -0.147. The van der Waals surface area contributed by atoms with E-state index < -0.39 is 26.5 Å². The molecule has 0 aliphatic rings. The number of phosphoric ester groups is 1. The summed E-state index contributed by atoms with van der Waals surface area (Å²) < 4.78 is 19.3. The molecule has 0 rings (SSSR count). The third-order valence-corrected chi connectivity index (χ3v) is 3.65. The zero-order valence-electron chi connectivity index (χ0n) is 13.6. The quantitative estimate of drug-likeness (QED) is 0.180. The van der Waals surface area contributed by atoms with Crippen LogP contribution in [0.1, 0.15) is 57.8 Å². The van der Waals surface area contributed by atoms with Gasteiger partial charge in [-0.25, -0.2) is 4.57 Å². The highest BCUT2D eigenvalue weighted by Crippen LogP contribution is 2.35. The second kappa shape index (κ2) is 13.7. The normalized spacial score (nSPS) is 12.8. The molecule has 0 saturated carbocycles. The van der Waals surface area contributed by atoms with Gasteiger partial charge >= 0.3 is 13.8 Å². The lowest BCUT2D eigenvalue weighted by Crippen LogP contribution is -2.23. The highest BCUT2D eigenvalue weighted by atomic mass is 31.2. The van der Waals surface area contributed by atoms with Crippen molar-refractivity contribution in [2.24, 2.45) is 0 Å². The fourth-order valence-corrected chi connectivity index (χ4v) is 2.30. The molecule has 23 heavy (non-hydrogen) atoms. The summed E-state index contributed by atoms with van der Waals surface area (Å²) >= 11 is 0. The molecule has 0 aromatic carbocycles. The summed E-state index contributed by atoms with van der Waals surface area (Å²) in [5, 5.41) is 9.34. The Morgan fingerprint density at radius 3 is 2.17 bits per heavy atom. The van der Waals surface area contributed by atoms with Crippen molar-refractivity contribution >= 4 is 13.8 Å². The van der Waals surface area contributed by atoms with Gasteiger partial charge in [-0.1, -0.05) is 38.2 Å². The summed E-state index contributed by atoms with van der Waals surface area (Å²) in [6.45, 7) is 2.77. The first-order valence-corrected chi connectivity index (χ1v) is 9.53. The number of unbranched alkanes of at least 4 members (excludes halogenated alkanes) is 7. The monoisotopic (exact) mass is 352 g/mol. The van der Waals surface area contributed by atoms with Gasteiger partial charge in [-0.2, -0.15) is 0 Å². The number of hydrogen-bond donors (Lipinski definition) is 3. The molecule has 136 valence electrons. The minimum atomic E-state index is -4.61. The number of hydrogen-bond acceptors (Lipinski definition) is 5. The van der Waals surface area contributed by atoms with Crippen molar-refractivity contribution in [2.75, 3.05) is 13.2 Å². The standard InChI is InChI=1S/C15H29O7P/c1-2-3-4-5-6-7-8-9-10-11-15(17)21-12-14(16)13-22-23(18,19)20/h2,14,16H,1,3-13H2,(H2,18,19,20). The number of aliphatic hydroxyl groups is 1. The smallest absolute Gasteiger partial charge is 0.463 e. The van der Waals surface area contributed by atoms with Crippen molar-refractivity contribution in [1.82, 2.24) is 0 Å². The second-order valence-corrected chi connectivity index (χ2v) is 6.66. The number of allylic oxidation sites excluding steroid dienone is 1. The van der Waals surface area contributed by atoms with Crippen molar-refractivity contribution in [1.29, 1.82) is 0 Å². The summed E-state index contributed by atoms with van der Waals surface area (Å²) in [6.07, 6.45) is 9.56. The summed E-state index contributed by atoms with van der Waals surface area (Å²) in [5.74, 6) is -0.425. The van der Waals surface area contributed by atoms with Crippen LogP contribution in [0.2, 0.25) is 0 Å². The first-order valence-electron chi connectivity index (χ1n) is 8.00. The largest absolute Gasteiger partial charge is 0.469 e. The first kappa shape index (κ1) is 22.3. The first-order chi connectivity index (χ1) is 10.8. The van der Waals surface area contributed by atoms with E-state index in [0.29, 0.717) is 0 Å². The molecule has 0 radical (unpaired) electrons. The fraction of sp³-hybridized carbons (Fsp3) is 0.800. The average molecular weight is 352 g/mol. The topological polar surface area (TPSA) is 113 Å². The van der Waals surface area contributed by atoms with E-state index in [2.05, 4.69) is 11.1 Å². The number of aliphatic hydroxyl groups excluding tert-OH is 1. The zero-order valence-corrected chi connectivity index (χ0v) is 14.5. The Hall–Kier alpha value is -0.720. The Kier molecular flexibility index (Phi) is 13.3. The van der Waals surface area contributed by atoms with Crippen LogP contribution in [-0.4, -0.2) is 40.2 Å². The van der Waals surface area contributed by atoms with Gasteiger partial charge in [-0.05, 0) is 19.3 Å². The van der Waals surface area contributed by atoms with Crippen LogP contribution >= 0.6 is 7.82 Å². The maximum atomic E-state index is 11.4. The van der Waals surface area contributed by atoms with Gasteiger partial charge in [-0.3, -0.25) is 9.32 Å². The molecule has 8 heteroatoms. The molecule has 0 aromatic rings. The van der Waals surface area contributed by atoms with E-state index in [-0.39, 0.29) is 13.0 Å². The van der Waals surface area contributed by atoms with Gasteiger partial charge < -0.3 is 19.6 Å². The molecule has 0 bridgehead atoms. The van der Waals surface area contributed by atoms with Gasteiger partial charge in [-0.15, -0.1) is 6.58 Å². The summed E-state index contributed by atoms with van der Waals surface area (Å²) in [4.78, 5) is 28.3. The van der Waals surface area contributed by atoms with Crippen molar-refractivity contribution in [2.45, 2.75) is 63.9 Å². The molecule has 0 amide bonds. The van der Waals surface area contributed by atoms with E-state index in [1.54, 1.807) is 0 Å². The molecule has 3 N–H and O–H groups in total. The summed E-state index contributed by atoms with van der Waals surface area (Å²) in [5.41, 5.74) is 0. The number of esters is 1. The molecule has 7 nitrogen and oxygen atoms in total. The Morgan fingerprint density at radius 2 is 1.61 bits per heavy atom. The van der Waals surface area contributed by atoms with Gasteiger partial charge in [0.05, 0.1) is 6.61 Å². The van der Waals surface area contributed by atoms with Crippen molar-refractivity contribution in [3.63, 3.8) is 0 Å². The van der Waals surface area contributed by atoms with Crippen LogP contribution in [0.3, 0.4) is 0 Å². The Morgan fingerprint density at radius 1 is 1.04 bits per heavy atom. The van der Waals surface area contributed by atoms with E-state index in [9.17, 15) is 14.5 Å². The molecule has 1 atom stereocenters. The molecule has 0 aliphatic carbocycles. The molecule has 0 aliphatic heterocycles. The third kappa shape index (κ3) is 17.5. The summed E-state index contributed by atoms with van der Waals surface area (Å²) in [7, 11) is -4.61. The zero-order chi connectivity index (χ0) is 17.6. The minimum absolute atomic E-state index is 0.280. The predicted octanol–water partition coefficient (Wildman–Crippen LogP) is 2.70. The van der Waals surface area contributed by atoms with Gasteiger partial charge in [0.25, 0.3) is 0 Å². The predicted molar refractivity (Wildman–Crippen MR) is 86.7 cm³/mol. The molecule has 0 fully saturated rings. The molecular weight excluding hydrogens is 323 g/mol. The molecule has 0 spiro atoms. The van der Waals surface area contributed by atoms with Gasteiger partial charge in [0.15, 0.2) is 0 Å². The van der Waals surface area contributed by atoms with Crippen LogP contribution < -0.4 is 0 Å². The highest BCUT2D eigenvalue weighted by Gasteiger charge is 2.17. The van der Waals surface area contributed by atoms with Crippen LogP contribution in [0.5, 0.6) is 0 Å². The van der Waals surface area contributed by atoms with Crippen LogP contribution in [0.15, 0.2) is 12.7 Å². The van der Waals surface area contributed by atoms with E-state index in [1.165, 1.54) is 19.3 Å². The van der Waals surface area contributed by atoms with Crippen LogP contribution in [-0.2, 0) is 18.6 Å². The van der Waals surface area contributed by atoms with E-state index in [0.717, 1.165) is 32.1 Å². The summed E-state index contributed by atoms with van der Waals surface area (Å²) in [6, 6.07) is 0. The van der Waals surface area contributed by atoms with E-state index in [4.69, 9.17) is 14.5 Å². The van der Waals surface area contributed by atoms with Gasteiger partial charge in [0.1, 0.15) is 12.7 Å². The Labute approximate surface area is 137 Å². The number of carbonyl (C=O) groups excluding carboxylic acids is 1. The lowest BCUT2D eigenvalue weighted by Gasteiger charge is -2.12. The van der Waals surface area contributed by atoms with Crippen molar-refractivity contribution < 1.29 is 33.5 Å². The molecule has 0 saturated heterocycles. The van der Waals surface area contributed by atoms with Gasteiger partial charge in [0, 0.05) is 6.42 Å². The maximum Gasteiger partial charge on any atom is 0.469 e. The molecule has 1 unspecified atom stereocenters. The average Bonchev–Trinajstić information content (AvgIpc) is 2.48. The third-order valence-electron chi connectivity index (χ3n) is 3.16. The van der Waals surface area contributed by atoms with Crippen LogP contribution in [0, 0.1) is 0 Å². The Balaban J connectivity index is 3.43. The number of carbonyl (C=O) groups is 1. The van der Waals surface area contributed by atoms with Crippen molar-refractivity contribution in [3.05, 3.63) is 12.7 Å². The SMILES string of the molecule is C=CCCCCCCCCCC(=O)OCC(O)COP(=O)(O)O. The second-order valence-electron chi connectivity index (χ2n) is 5.43. The van der Waals surface area contributed by atoms with Crippen LogP contribution in [0.25, 0.3) is 0 Å². The maximum absolute atomic E-state index is 11.4. The number of phosphoric acid groups is 1. The van der Waals surface area contributed by atoms with Gasteiger partial charge in [0.2, 0.25) is 0 Å². The molecule has 0 aromatic heterocycles. The highest BCUT2D eigenvalue weighted by molar-refractivity contribution is 7.46. The lowest BCUT2D eigenvalue weighted by atomic mass is 10.1. The molecule has 0 heterocycles. The van der Waals surface area contributed by atoms with E-state index in [1.807, 2.05) is 6.08 Å². The van der Waals surface area contributed by atoms with Crippen LogP contribution in [0.4, 0.5) is 0 Å². The number of rotatable bonds is 15. The van der Waals surface area contributed by atoms with Crippen molar-refractivity contribution in [3.8, 4) is 0 Å².